The van der Waals surface area contributed by atoms with Crippen LogP contribution in [0.5, 0.6) is 0 Å². The molecule has 1 N–H and O–H groups in total. The quantitative estimate of drug-likeness (QED) is 0.865. The standard InChI is InChI=1S/C22H33N3O3/c1-20(2,3)18-23-16-15(17(26)24-18)7-11-21(16)10-6-12-25(13-21)19(27)22(14-28-4)8-5-9-22/h5-14H2,1-4H3,(H,23,24,26). The third-order valence-corrected chi connectivity index (χ3v) is 7.13. The molecule has 2 fully saturated rings. The number of fused-ring (bicyclic) bond motifs is 2. The Hall–Kier alpha value is -1.69. The van der Waals surface area contributed by atoms with Crippen LogP contribution in [0.2, 0.25) is 0 Å². The predicted octanol–water partition coefficient (Wildman–Crippen LogP) is 2.69. The maximum atomic E-state index is 13.4. The van der Waals surface area contributed by atoms with Gasteiger partial charge in [-0.25, -0.2) is 4.98 Å². The molecule has 1 aromatic rings. The van der Waals surface area contributed by atoms with Crippen LogP contribution in [0.25, 0.3) is 0 Å². The van der Waals surface area contributed by atoms with Gasteiger partial charge in [0.2, 0.25) is 5.91 Å². The lowest BCUT2D eigenvalue weighted by Gasteiger charge is -2.47. The largest absolute Gasteiger partial charge is 0.384 e. The number of aromatic amines is 1. The summed E-state index contributed by atoms with van der Waals surface area (Å²) in [5.74, 6) is 0.991. The number of carbonyl (C=O) groups is 1. The number of carbonyl (C=O) groups excluding carboxylic acids is 1. The van der Waals surface area contributed by atoms with Crippen LogP contribution in [0.15, 0.2) is 4.79 Å². The van der Waals surface area contributed by atoms with Crippen molar-refractivity contribution in [3.05, 3.63) is 27.4 Å². The fourth-order valence-corrected chi connectivity index (χ4v) is 5.34. The van der Waals surface area contributed by atoms with Crippen molar-refractivity contribution < 1.29 is 9.53 Å². The van der Waals surface area contributed by atoms with E-state index in [4.69, 9.17) is 9.72 Å². The second-order valence-corrected chi connectivity index (χ2v) is 10.2. The van der Waals surface area contributed by atoms with E-state index in [0.717, 1.165) is 68.6 Å². The summed E-state index contributed by atoms with van der Waals surface area (Å²) in [5, 5.41) is 0. The summed E-state index contributed by atoms with van der Waals surface area (Å²) >= 11 is 0. The minimum absolute atomic E-state index is 0.00472. The number of ether oxygens (including phenoxy) is 1. The van der Waals surface area contributed by atoms with Gasteiger partial charge in [-0.2, -0.15) is 0 Å². The van der Waals surface area contributed by atoms with E-state index in [9.17, 15) is 9.59 Å². The maximum absolute atomic E-state index is 13.4. The van der Waals surface area contributed by atoms with Crippen molar-refractivity contribution in [3.8, 4) is 0 Å². The molecule has 2 aliphatic carbocycles. The van der Waals surface area contributed by atoms with Crippen LogP contribution in [0.4, 0.5) is 0 Å². The summed E-state index contributed by atoms with van der Waals surface area (Å²) in [6, 6.07) is 0. The van der Waals surface area contributed by atoms with E-state index < -0.39 is 0 Å². The summed E-state index contributed by atoms with van der Waals surface area (Å²) in [4.78, 5) is 36.1. The van der Waals surface area contributed by atoms with Gasteiger partial charge in [0, 0.05) is 36.6 Å². The van der Waals surface area contributed by atoms with Crippen molar-refractivity contribution in [2.75, 3.05) is 26.8 Å². The second-order valence-electron chi connectivity index (χ2n) is 10.2. The Kier molecular flexibility index (Phi) is 4.68. The number of rotatable bonds is 3. The number of aromatic nitrogens is 2. The van der Waals surface area contributed by atoms with Gasteiger partial charge < -0.3 is 14.6 Å². The molecule has 1 atom stereocenters. The Bertz CT molecular complexity index is 834. The topological polar surface area (TPSA) is 75.3 Å². The first kappa shape index (κ1) is 19.6. The van der Waals surface area contributed by atoms with Crippen LogP contribution in [-0.4, -0.2) is 47.6 Å². The molecule has 1 saturated heterocycles. The minimum Gasteiger partial charge on any atom is -0.384 e. The summed E-state index contributed by atoms with van der Waals surface area (Å²) < 4.78 is 5.40. The predicted molar refractivity (Wildman–Crippen MR) is 108 cm³/mol. The zero-order valence-corrected chi connectivity index (χ0v) is 17.7. The molecular formula is C22H33N3O3. The Morgan fingerprint density at radius 3 is 2.57 bits per heavy atom. The molecule has 2 heterocycles. The van der Waals surface area contributed by atoms with Crippen molar-refractivity contribution in [2.24, 2.45) is 5.41 Å². The first-order chi connectivity index (χ1) is 13.2. The van der Waals surface area contributed by atoms with Gasteiger partial charge in [0.1, 0.15) is 5.82 Å². The molecule has 0 radical (unpaired) electrons. The number of hydrogen-bond acceptors (Lipinski definition) is 4. The molecule has 1 amide bonds. The molecule has 154 valence electrons. The number of nitrogens with zero attached hydrogens (tertiary/aromatic N) is 2. The number of hydrogen-bond donors (Lipinski definition) is 1. The van der Waals surface area contributed by atoms with Gasteiger partial charge in [0.25, 0.3) is 5.56 Å². The van der Waals surface area contributed by atoms with Crippen LogP contribution in [0, 0.1) is 5.41 Å². The van der Waals surface area contributed by atoms with Crippen molar-refractivity contribution in [1.29, 1.82) is 0 Å². The average molecular weight is 388 g/mol. The van der Waals surface area contributed by atoms with Crippen LogP contribution in [-0.2, 0) is 26.8 Å². The molecule has 1 saturated carbocycles. The molecule has 1 spiro atoms. The molecule has 1 aromatic heterocycles. The molecule has 6 nitrogen and oxygen atoms in total. The molecular weight excluding hydrogens is 354 g/mol. The van der Waals surface area contributed by atoms with Crippen LogP contribution in [0.1, 0.15) is 76.4 Å². The average Bonchev–Trinajstić information content (AvgIpc) is 2.95. The van der Waals surface area contributed by atoms with Gasteiger partial charge in [-0.1, -0.05) is 27.2 Å². The highest BCUT2D eigenvalue weighted by atomic mass is 16.5. The lowest BCUT2D eigenvalue weighted by Crippen LogP contribution is -2.56. The highest BCUT2D eigenvalue weighted by Gasteiger charge is 2.51. The molecule has 6 heteroatoms. The normalized spacial score (nSPS) is 26.2. The summed E-state index contributed by atoms with van der Waals surface area (Å²) in [6.07, 6.45) is 6.58. The Labute approximate surface area is 167 Å². The fourth-order valence-electron chi connectivity index (χ4n) is 5.34. The Balaban J connectivity index is 1.67. The van der Waals surface area contributed by atoms with Crippen LogP contribution < -0.4 is 5.56 Å². The Morgan fingerprint density at radius 1 is 1.21 bits per heavy atom. The first-order valence-corrected chi connectivity index (χ1v) is 10.6. The van der Waals surface area contributed by atoms with Gasteiger partial charge in [-0.15, -0.1) is 0 Å². The fraction of sp³-hybridized carbons (Fsp3) is 0.773. The van der Waals surface area contributed by atoms with E-state index in [-0.39, 0.29) is 27.7 Å². The van der Waals surface area contributed by atoms with Gasteiger partial charge in [-0.3, -0.25) is 9.59 Å². The number of amides is 1. The van der Waals surface area contributed by atoms with E-state index in [1.54, 1.807) is 7.11 Å². The first-order valence-electron chi connectivity index (χ1n) is 10.6. The van der Waals surface area contributed by atoms with Crippen molar-refractivity contribution in [2.45, 2.75) is 76.5 Å². The number of likely N-dealkylation sites (tertiary alicyclic amines) is 1. The maximum Gasteiger partial charge on any atom is 0.254 e. The second kappa shape index (κ2) is 6.68. The van der Waals surface area contributed by atoms with Gasteiger partial charge >= 0.3 is 0 Å². The lowest BCUT2D eigenvalue weighted by molar-refractivity contribution is -0.154. The zero-order valence-electron chi connectivity index (χ0n) is 17.7. The smallest absolute Gasteiger partial charge is 0.254 e. The Morgan fingerprint density at radius 2 is 1.96 bits per heavy atom. The zero-order chi connectivity index (χ0) is 20.2. The molecule has 0 bridgehead atoms. The summed E-state index contributed by atoms with van der Waals surface area (Å²) in [5.41, 5.74) is 1.08. The molecule has 4 rings (SSSR count). The number of methoxy groups -OCH3 is 1. The summed E-state index contributed by atoms with van der Waals surface area (Å²) in [6.45, 7) is 8.21. The van der Waals surface area contributed by atoms with Crippen molar-refractivity contribution in [1.82, 2.24) is 14.9 Å². The van der Waals surface area contributed by atoms with E-state index in [1.165, 1.54) is 0 Å². The van der Waals surface area contributed by atoms with Gasteiger partial charge in [-0.05, 0) is 38.5 Å². The van der Waals surface area contributed by atoms with Crippen molar-refractivity contribution >= 4 is 5.91 Å². The molecule has 0 aromatic carbocycles. The molecule has 1 unspecified atom stereocenters. The minimum atomic E-state index is -0.327. The number of H-pyrrole nitrogens is 1. The van der Waals surface area contributed by atoms with Crippen LogP contribution >= 0.6 is 0 Å². The van der Waals surface area contributed by atoms with Crippen LogP contribution in [0.3, 0.4) is 0 Å². The molecule has 1 aliphatic heterocycles. The highest BCUT2D eigenvalue weighted by molar-refractivity contribution is 5.84. The van der Waals surface area contributed by atoms with Crippen molar-refractivity contribution in [3.63, 3.8) is 0 Å². The van der Waals surface area contributed by atoms with E-state index in [2.05, 4.69) is 30.7 Å². The van der Waals surface area contributed by atoms with Gasteiger partial charge in [0.15, 0.2) is 0 Å². The molecule has 28 heavy (non-hydrogen) atoms. The molecule has 3 aliphatic rings. The lowest BCUT2D eigenvalue weighted by atomic mass is 9.67. The van der Waals surface area contributed by atoms with Gasteiger partial charge in [0.05, 0.1) is 17.7 Å². The SMILES string of the molecule is COCC1(C(=O)N2CCCC3(CCc4c3nc(C(C)(C)C)[nH]c4=O)C2)CCC1. The third kappa shape index (κ3) is 3.00. The van der Waals surface area contributed by atoms with E-state index >= 15 is 0 Å². The van der Waals surface area contributed by atoms with E-state index in [1.807, 2.05) is 0 Å². The number of piperidine rings is 1. The summed E-state index contributed by atoms with van der Waals surface area (Å²) in [7, 11) is 1.68. The third-order valence-electron chi connectivity index (χ3n) is 7.13. The monoisotopic (exact) mass is 387 g/mol. The van der Waals surface area contributed by atoms with E-state index in [0.29, 0.717) is 13.2 Å². The number of nitrogens with one attached hydrogen (secondary N) is 1. The highest BCUT2D eigenvalue weighted by Crippen LogP contribution is 2.47.